The van der Waals surface area contributed by atoms with Crippen molar-refractivity contribution in [2.24, 2.45) is 0 Å². The number of fused-ring (bicyclic) bond motifs is 1. The minimum Gasteiger partial charge on any atom is -0.486 e. The molecule has 20 heavy (non-hydrogen) atoms. The normalized spacial score (nSPS) is 13.5. The van der Waals surface area contributed by atoms with Gasteiger partial charge < -0.3 is 14.8 Å². The average molecular weight is 342 g/mol. The summed E-state index contributed by atoms with van der Waals surface area (Å²) in [5.41, 5.74) is 1.32. The molecule has 0 aliphatic carbocycles. The minimum absolute atomic E-state index is 0.642. The van der Waals surface area contributed by atoms with Crippen LogP contribution < -0.4 is 14.8 Å². The summed E-state index contributed by atoms with van der Waals surface area (Å²) in [5.74, 6) is 1.75. The fourth-order valence-corrected chi connectivity index (χ4v) is 2.86. The molecule has 1 aliphatic heterocycles. The molecule has 0 fully saturated rings. The van der Waals surface area contributed by atoms with Crippen molar-refractivity contribution in [2.45, 2.75) is 39.0 Å². The Kier molecular flexibility index (Phi) is 6.67. The lowest BCUT2D eigenvalue weighted by molar-refractivity contribution is 0.171. The molecule has 0 saturated heterocycles. The third-order valence-electron chi connectivity index (χ3n) is 3.44. The predicted molar refractivity (Wildman–Crippen MR) is 85.8 cm³/mol. The van der Waals surface area contributed by atoms with Crippen LogP contribution in [0.1, 0.15) is 38.2 Å². The Balaban J connectivity index is 1.75. The highest BCUT2D eigenvalue weighted by Gasteiger charge is 2.14. The number of hydrogen-bond donors (Lipinski definition) is 1. The summed E-state index contributed by atoms with van der Waals surface area (Å²) >= 11 is 3.63. The van der Waals surface area contributed by atoms with Crippen LogP contribution in [-0.4, -0.2) is 26.3 Å². The molecule has 0 atom stereocenters. The van der Waals surface area contributed by atoms with Crippen molar-refractivity contribution in [3.8, 4) is 11.5 Å². The maximum Gasteiger partial charge on any atom is 0.162 e. The Morgan fingerprint density at radius 3 is 2.55 bits per heavy atom. The van der Waals surface area contributed by atoms with E-state index in [4.69, 9.17) is 9.47 Å². The van der Waals surface area contributed by atoms with Crippen molar-refractivity contribution in [3.05, 3.63) is 22.2 Å². The number of rotatable bonds is 8. The van der Waals surface area contributed by atoms with Crippen molar-refractivity contribution in [1.29, 1.82) is 0 Å². The Morgan fingerprint density at radius 1 is 1.05 bits per heavy atom. The van der Waals surface area contributed by atoms with E-state index in [2.05, 4.69) is 34.2 Å². The number of benzene rings is 1. The zero-order valence-corrected chi connectivity index (χ0v) is 13.8. The number of nitrogens with one attached hydrogen (secondary N) is 1. The summed E-state index contributed by atoms with van der Waals surface area (Å²) in [4.78, 5) is 0. The van der Waals surface area contributed by atoms with Crippen LogP contribution in [-0.2, 0) is 6.42 Å². The Morgan fingerprint density at radius 2 is 1.80 bits per heavy atom. The van der Waals surface area contributed by atoms with Crippen LogP contribution in [0.3, 0.4) is 0 Å². The van der Waals surface area contributed by atoms with Crippen molar-refractivity contribution in [1.82, 2.24) is 5.32 Å². The average Bonchev–Trinajstić information content (AvgIpc) is 2.46. The van der Waals surface area contributed by atoms with Crippen LogP contribution in [0.2, 0.25) is 0 Å². The van der Waals surface area contributed by atoms with Gasteiger partial charge in [-0.05, 0) is 56.5 Å². The van der Waals surface area contributed by atoms with Gasteiger partial charge in [0.2, 0.25) is 0 Å². The van der Waals surface area contributed by atoms with Crippen molar-refractivity contribution in [3.63, 3.8) is 0 Å². The van der Waals surface area contributed by atoms with Crippen LogP contribution in [0.25, 0.3) is 0 Å². The van der Waals surface area contributed by atoms with Gasteiger partial charge in [0.25, 0.3) is 0 Å². The van der Waals surface area contributed by atoms with E-state index in [0.29, 0.717) is 13.2 Å². The lowest BCUT2D eigenvalue weighted by Crippen LogP contribution is -2.16. The molecule has 4 heteroatoms. The molecule has 3 nitrogen and oxygen atoms in total. The molecule has 1 heterocycles. The molecular weight excluding hydrogens is 318 g/mol. The Labute approximate surface area is 130 Å². The van der Waals surface area contributed by atoms with E-state index in [1.54, 1.807) is 0 Å². The van der Waals surface area contributed by atoms with Crippen LogP contribution in [0, 0.1) is 0 Å². The quantitative estimate of drug-likeness (QED) is 0.726. The first kappa shape index (κ1) is 15.6. The van der Waals surface area contributed by atoms with E-state index < -0.39 is 0 Å². The van der Waals surface area contributed by atoms with Crippen LogP contribution >= 0.6 is 15.9 Å². The van der Waals surface area contributed by atoms with E-state index in [0.717, 1.165) is 35.5 Å². The van der Waals surface area contributed by atoms with E-state index in [1.807, 2.05) is 6.07 Å². The first-order chi connectivity index (χ1) is 9.81. The van der Waals surface area contributed by atoms with Gasteiger partial charge in [-0.15, -0.1) is 0 Å². The summed E-state index contributed by atoms with van der Waals surface area (Å²) < 4.78 is 12.3. The largest absolute Gasteiger partial charge is 0.486 e. The Hall–Kier alpha value is -0.740. The highest BCUT2D eigenvalue weighted by molar-refractivity contribution is 9.10. The number of halogens is 1. The second kappa shape index (κ2) is 8.53. The number of hydrogen-bond acceptors (Lipinski definition) is 3. The van der Waals surface area contributed by atoms with Crippen LogP contribution in [0.4, 0.5) is 0 Å². The van der Waals surface area contributed by atoms with Gasteiger partial charge in [-0.25, -0.2) is 0 Å². The molecule has 0 aromatic heterocycles. The maximum absolute atomic E-state index is 5.64. The monoisotopic (exact) mass is 341 g/mol. The smallest absolute Gasteiger partial charge is 0.162 e. The molecule has 2 rings (SSSR count). The molecule has 0 radical (unpaired) electrons. The van der Waals surface area contributed by atoms with Gasteiger partial charge in [-0.2, -0.15) is 0 Å². The molecule has 1 N–H and O–H groups in total. The first-order valence-electron chi connectivity index (χ1n) is 7.60. The fourth-order valence-electron chi connectivity index (χ4n) is 2.34. The van der Waals surface area contributed by atoms with E-state index in [1.165, 1.54) is 31.2 Å². The lowest BCUT2D eigenvalue weighted by atomic mass is 10.1. The standard InChI is InChI=1S/C16H24BrNO2/c1-2-7-18-8-5-3-4-6-13-11-15-16(12-14(13)17)20-10-9-19-15/h11-12,18H,2-10H2,1H3. The minimum atomic E-state index is 0.642. The third kappa shape index (κ3) is 4.67. The molecule has 1 aromatic carbocycles. The second-order valence-electron chi connectivity index (χ2n) is 5.15. The summed E-state index contributed by atoms with van der Waals surface area (Å²) in [6.45, 7) is 5.76. The highest BCUT2D eigenvalue weighted by atomic mass is 79.9. The number of ether oxygens (including phenoxy) is 2. The van der Waals surface area contributed by atoms with Gasteiger partial charge >= 0.3 is 0 Å². The molecular formula is C16H24BrNO2. The zero-order valence-electron chi connectivity index (χ0n) is 12.2. The van der Waals surface area contributed by atoms with Crippen molar-refractivity contribution in [2.75, 3.05) is 26.3 Å². The van der Waals surface area contributed by atoms with Crippen LogP contribution in [0.5, 0.6) is 11.5 Å². The van der Waals surface area contributed by atoms with Crippen molar-refractivity contribution < 1.29 is 9.47 Å². The summed E-state index contributed by atoms with van der Waals surface area (Å²) in [7, 11) is 0. The van der Waals surface area contributed by atoms with Crippen molar-refractivity contribution >= 4 is 15.9 Å². The van der Waals surface area contributed by atoms with E-state index in [-0.39, 0.29) is 0 Å². The molecule has 0 unspecified atom stereocenters. The predicted octanol–water partition coefficient (Wildman–Crippen LogP) is 3.93. The fraction of sp³-hybridized carbons (Fsp3) is 0.625. The van der Waals surface area contributed by atoms with Gasteiger partial charge in [0, 0.05) is 4.47 Å². The summed E-state index contributed by atoms with van der Waals surface area (Å²) in [6, 6.07) is 4.15. The van der Waals surface area contributed by atoms with Crippen LogP contribution in [0.15, 0.2) is 16.6 Å². The molecule has 0 saturated carbocycles. The Bertz CT molecular complexity index is 423. The number of aryl methyl sites for hydroxylation is 1. The van der Waals surface area contributed by atoms with Gasteiger partial charge in [-0.3, -0.25) is 0 Å². The maximum atomic E-state index is 5.64. The molecule has 1 aromatic rings. The zero-order chi connectivity index (χ0) is 14.2. The first-order valence-corrected chi connectivity index (χ1v) is 8.39. The van der Waals surface area contributed by atoms with E-state index in [9.17, 15) is 0 Å². The third-order valence-corrected chi connectivity index (χ3v) is 4.18. The SMILES string of the molecule is CCCNCCCCCc1cc2c(cc1Br)OCCO2. The highest BCUT2D eigenvalue weighted by Crippen LogP contribution is 2.36. The lowest BCUT2D eigenvalue weighted by Gasteiger charge is -2.20. The number of unbranched alkanes of at least 4 members (excludes halogenated alkanes) is 2. The molecule has 1 aliphatic rings. The molecule has 112 valence electrons. The summed E-state index contributed by atoms with van der Waals surface area (Å²) in [5, 5.41) is 3.44. The summed E-state index contributed by atoms with van der Waals surface area (Å²) in [6.07, 6.45) is 6.03. The van der Waals surface area contributed by atoms with Gasteiger partial charge in [0.05, 0.1) is 0 Å². The second-order valence-corrected chi connectivity index (χ2v) is 6.00. The molecule has 0 spiro atoms. The topological polar surface area (TPSA) is 30.5 Å². The molecule has 0 bridgehead atoms. The van der Waals surface area contributed by atoms with Gasteiger partial charge in [0.1, 0.15) is 13.2 Å². The van der Waals surface area contributed by atoms with Gasteiger partial charge in [0.15, 0.2) is 11.5 Å². The van der Waals surface area contributed by atoms with Gasteiger partial charge in [-0.1, -0.05) is 29.3 Å². The van der Waals surface area contributed by atoms with E-state index >= 15 is 0 Å². The molecule has 0 amide bonds.